The van der Waals surface area contributed by atoms with Crippen LogP contribution in [0.4, 0.5) is 5.69 Å². The van der Waals surface area contributed by atoms with Crippen LogP contribution >= 0.6 is 22.9 Å². The quantitative estimate of drug-likeness (QED) is 0.183. The number of aromatic nitrogens is 7. The summed E-state index contributed by atoms with van der Waals surface area (Å²) in [5.74, 6) is 0.962. The third kappa shape index (κ3) is 4.66. The SMILES string of the molecule is CC(C)CC(O)Nc1cncc(-c2ccc3[nH]nc(-c4nc5c(-c6ccc(Cl)s6)nccc5[nH]4)c3n2)c1. The van der Waals surface area contributed by atoms with Gasteiger partial charge in [0, 0.05) is 18.0 Å². The molecule has 0 saturated heterocycles. The van der Waals surface area contributed by atoms with E-state index >= 15 is 0 Å². The van der Waals surface area contributed by atoms with Gasteiger partial charge in [0.2, 0.25) is 0 Å². The fraction of sp³-hybridized carbons (Fsp3) is 0.192. The molecule has 11 heteroatoms. The van der Waals surface area contributed by atoms with Crippen LogP contribution in [0.5, 0.6) is 0 Å². The normalized spacial score (nSPS) is 12.6. The van der Waals surface area contributed by atoms with E-state index in [1.165, 1.54) is 11.3 Å². The predicted molar refractivity (Wildman–Crippen MR) is 147 cm³/mol. The highest BCUT2D eigenvalue weighted by atomic mass is 35.5. The van der Waals surface area contributed by atoms with E-state index in [1.54, 1.807) is 18.6 Å². The Labute approximate surface area is 221 Å². The lowest BCUT2D eigenvalue weighted by Gasteiger charge is -2.16. The van der Waals surface area contributed by atoms with Crippen molar-refractivity contribution in [1.29, 1.82) is 0 Å². The second-order valence-electron chi connectivity index (χ2n) is 9.16. The molecule has 1 unspecified atom stereocenters. The Morgan fingerprint density at radius 2 is 1.89 bits per heavy atom. The van der Waals surface area contributed by atoms with Gasteiger partial charge in [0.1, 0.15) is 23.0 Å². The molecule has 37 heavy (non-hydrogen) atoms. The molecule has 0 aromatic carbocycles. The fourth-order valence-electron chi connectivity index (χ4n) is 4.25. The number of anilines is 1. The van der Waals surface area contributed by atoms with E-state index in [0.717, 1.165) is 44.1 Å². The number of pyridine rings is 3. The predicted octanol–water partition coefficient (Wildman–Crippen LogP) is 6.12. The topological polar surface area (TPSA) is 128 Å². The molecule has 0 bridgehead atoms. The van der Waals surface area contributed by atoms with Gasteiger partial charge < -0.3 is 15.4 Å². The van der Waals surface area contributed by atoms with E-state index in [4.69, 9.17) is 21.6 Å². The molecule has 1 atom stereocenters. The molecule has 186 valence electrons. The lowest BCUT2D eigenvalue weighted by molar-refractivity contribution is 0.176. The number of nitrogens with one attached hydrogen (secondary N) is 3. The van der Waals surface area contributed by atoms with E-state index in [9.17, 15) is 5.11 Å². The van der Waals surface area contributed by atoms with Gasteiger partial charge in [-0.3, -0.25) is 15.1 Å². The zero-order valence-corrected chi connectivity index (χ0v) is 21.6. The minimum absolute atomic E-state index is 0.371. The first-order valence-electron chi connectivity index (χ1n) is 11.8. The van der Waals surface area contributed by atoms with E-state index in [1.807, 2.05) is 36.4 Å². The molecule has 0 aliphatic rings. The zero-order valence-electron chi connectivity index (χ0n) is 20.0. The van der Waals surface area contributed by atoms with Gasteiger partial charge in [-0.15, -0.1) is 11.3 Å². The number of imidazole rings is 1. The average molecular weight is 531 g/mol. The van der Waals surface area contributed by atoms with Crippen molar-refractivity contribution in [2.24, 2.45) is 5.92 Å². The van der Waals surface area contributed by atoms with Crippen LogP contribution in [0, 0.1) is 5.92 Å². The summed E-state index contributed by atoms with van der Waals surface area (Å²) < 4.78 is 0.697. The second kappa shape index (κ2) is 9.55. The molecule has 0 aliphatic carbocycles. The van der Waals surface area contributed by atoms with Crippen LogP contribution in [-0.2, 0) is 0 Å². The summed E-state index contributed by atoms with van der Waals surface area (Å²) in [6.45, 7) is 4.14. The van der Waals surface area contributed by atoms with Gasteiger partial charge >= 0.3 is 0 Å². The van der Waals surface area contributed by atoms with Crippen molar-refractivity contribution in [3.8, 4) is 33.3 Å². The van der Waals surface area contributed by atoms with Crippen LogP contribution in [0.15, 0.2) is 55.0 Å². The molecule has 0 fully saturated rings. The number of aliphatic hydroxyl groups excluding tert-OH is 1. The Morgan fingerprint density at radius 1 is 1.03 bits per heavy atom. The molecule has 0 spiro atoms. The maximum absolute atomic E-state index is 10.3. The number of aliphatic hydroxyl groups is 1. The molecule has 4 N–H and O–H groups in total. The van der Waals surface area contributed by atoms with Gasteiger partial charge in [-0.2, -0.15) is 5.10 Å². The Kier molecular flexibility index (Phi) is 6.07. The number of rotatable bonds is 7. The van der Waals surface area contributed by atoms with Gasteiger partial charge in [0.25, 0.3) is 0 Å². The third-order valence-corrected chi connectivity index (χ3v) is 7.14. The van der Waals surface area contributed by atoms with E-state index in [2.05, 4.69) is 44.3 Å². The van der Waals surface area contributed by atoms with Crippen molar-refractivity contribution >= 4 is 50.7 Å². The zero-order chi connectivity index (χ0) is 25.5. The maximum atomic E-state index is 10.3. The summed E-state index contributed by atoms with van der Waals surface area (Å²) in [6, 6.07) is 11.5. The Balaban J connectivity index is 1.37. The van der Waals surface area contributed by atoms with Crippen LogP contribution in [-0.4, -0.2) is 46.5 Å². The highest BCUT2D eigenvalue weighted by molar-refractivity contribution is 7.19. The molecule has 6 aromatic rings. The van der Waals surface area contributed by atoms with Crippen LogP contribution in [0.3, 0.4) is 0 Å². The molecule has 6 heterocycles. The monoisotopic (exact) mass is 530 g/mol. The largest absolute Gasteiger partial charge is 0.374 e. The summed E-state index contributed by atoms with van der Waals surface area (Å²) in [7, 11) is 0. The molecular formula is C26H23ClN8OS. The van der Waals surface area contributed by atoms with E-state index < -0.39 is 6.23 Å². The molecular weight excluding hydrogens is 508 g/mol. The van der Waals surface area contributed by atoms with Crippen LogP contribution in [0.2, 0.25) is 4.34 Å². The summed E-state index contributed by atoms with van der Waals surface area (Å²) in [4.78, 5) is 22.9. The number of hydrogen-bond acceptors (Lipinski definition) is 8. The summed E-state index contributed by atoms with van der Waals surface area (Å²) in [5, 5.41) is 20.9. The minimum Gasteiger partial charge on any atom is -0.374 e. The van der Waals surface area contributed by atoms with Gasteiger partial charge in [-0.25, -0.2) is 9.97 Å². The molecule has 0 aliphatic heterocycles. The number of halogens is 1. The van der Waals surface area contributed by atoms with Gasteiger partial charge in [-0.05, 0) is 48.7 Å². The smallest absolute Gasteiger partial charge is 0.161 e. The van der Waals surface area contributed by atoms with Crippen LogP contribution in [0.1, 0.15) is 20.3 Å². The fourth-order valence-corrected chi connectivity index (χ4v) is 5.29. The highest BCUT2D eigenvalue weighted by Gasteiger charge is 2.18. The second-order valence-corrected chi connectivity index (χ2v) is 10.9. The maximum Gasteiger partial charge on any atom is 0.161 e. The highest BCUT2D eigenvalue weighted by Crippen LogP contribution is 2.35. The molecule has 0 saturated carbocycles. The van der Waals surface area contributed by atoms with Gasteiger partial charge in [0.05, 0.1) is 37.8 Å². The van der Waals surface area contributed by atoms with E-state index in [-0.39, 0.29) is 0 Å². The number of aromatic amines is 2. The number of hydrogen-bond donors (Lipinski definition) is 4. The van der Waals surface area contributed by atoms with Gasteiger partial charge in [-0.1, -0.05) is 25.4 Å². The lowest BCUT2D eigenvalue weighted by atomic mass is 10.1. The first-order valence-corrected chi connectivity index (χ1v) is 13.0. The third-order valence-electron chi connectivity index (χ3n) is 5.90. The number of fused-ring (bicyclic) bond motifs is 2. The molecule has 0 amide bonds. The first-order chi connectivity index (χ1) is 17.9. The first kappa shape index (κ1) is 23.5. The minimum atomic E-state index is -0.648. The Bertz CT molecular complexity index is 1720. The Morgan fingerprint density at radius 3 is 2.70 bits per heavy atom. The van der Waals surface area contributed by atoms with E-state index in [0.29, 0.717) is 33.7 Å². The molecule has 6 aromatic heterocycles. The van der Waals surface area contributed by atoms with Crippen LogP contribution in [0.25, 0.3) is 55.4 Å². The molecule has 6 rings (SSSR count). The standard InChI is InChI=1S/C26H23ClN8OS/c1-13(2)9-21(36)30-15-10-14(11-28-12-15)16-3-4-18-23(31-16)25(35-34-18)26-32-17-7-8-29-24(22(17)33-26)19-5-6-20(27)37-19/h3-8,10-13,21,30,36H,9H2,1-2H3,(H,32,33)(H,34,35). The average Bonchev–Trinajstić information content (AvgIpc) is 3.60. The molecule has 9 nitrogen and oxygen atoms in total. The lowest BCUT2D eigenvalue weighted by Crippen LogP contribution is -2.20. The summed E-state index contributed by atoms with van der Waals surface area (Å²) >= 11 is 7.61. The molecule has 0 radical (unpaired) electrons. The van der Waals surface area contributed by atoms with Crippen molar-refractivity contribution in [2.75, 3.05) is 5.32 Å². The van der Waals surface area contributed by atoms with Crippen LogP contribution < -0.4 is 5.32 Å². The van der Waals surface area contributed by atoms with Crippen molar-refractivity contribution in [1.82, 2.24) is 35.1 Å². The number of H-pyrrole nitrogens is 2. The summed E-state index contributed by atoms with van der Waals surface area (Å²) in [6.07, 6.45) is 5.18. The van der Waals surface area contributed by atoms with Crippen molar-refractivity contribution in [2.45, 2.75) is 26.5 Å². The van der Waals surface area contributed by atoms with Gasteiger partial charge in [0.15, 0.2) is 11.5 Å². The number of nitrogens with zero attached hydrogens (tertiary/aromatic N) is 5. The van der Waals surface area contributed by atoms with Crippen molar-refractivity contribution in [3.63, 3.8) is 0 Å². The Hall–Kier alpha value is -3.86. The summed E-state index contributed by atoms with van der Waals surface area (Å²) in [5.41, 5.74) is 6.72. The number of thiophene rings is 1. The van der Waals surface area contributed by atoms with Crippen molar-refractivity contribution in [3.05, 3.63) is 59.3 Å². The van der Waals surface area contributed by atoms with Crippen molar-refractivity contribution < 1.29 is 5.11 Å².